The van der Waals surface area contributed by atoms with E-state index in [9.17, 15) is 4.57 Å². The first-order valence-corrected chi connectivity index (χ1v) is 10.8. The van der Waals surface area contributed by atoms with E-state index in [0.717, 1.165) is 0 Å². The molecule has 0 bridgehead atoms. The molecule has 0 spiro atoms. The standard InChI is InChI=1S/C20H16Cl3O4P/c21-20(22,23)19(16-10-4-1-5-11-16)27-28(24,25-17-12-6-2-7-13-17)26-18-14-8-3-9-15-18/h1-15,19H/t19-/m1/s1. The van der Waals surface area contributed by atoms with E-state index < -0.39 is 17.7 Å². The van der Waals surface area contributed by atoms with E-state index in [-0.39, 0.29) is 11.5 Å². The minimum Gasteiger partial charge on any atom is -0.395 e. The number of para-hydroxylation sites is 2. The maximum atomic E-state index is 13.5. The zero-order valence-corrected chi connectivity index (χ0v) is 17.6. The number of alkyl halides is 3. The summed E-state index contributed by atoms with van der Waals surface area (Å²) in [6, 6.07) is 25.7. The predicted molar refractivity (Wildman–Crippen MR) is 112 cm³/mol. The van der Waals surface area contributed by atoms with E-state index in [1.807, 2.05) is 0 Å². The number of hydrogen-bond acceptors (Lipinski definition) is 4. The summed E-state index contributed by atoms with van der Waals surface area (Å²) in [5.41, 5.74) is 0.510. The second kappa shape index (κ2) is 9.21. The van der Waals surface area contributed by atoms with Gasteiger partial charge in [-0.05, 0) is 29.8 Å². The van der Waals surface area contributed by atoms with Gasteiger partial charge in [-0.2, -0.15) is 0 Å². The molecule has 0 saturated heterocycles. The Hall–Kier alpha value is -1.68. The summed E-state index contributed by atoms with van der Waals surface area (Å²) < 4.78 is 28.5. The Morgan fingerprint density at radius 3 is 1.46 bits per heavy atom. The highest BCUT2D eigenvalue weighted by atomic mass is 35.6. The van der Waals surface area contributed by atoms with Gasteiger partial charge in [-0.25, -0.2) is 4.57 Å². The van der Waals surface area contributed by atoms with Crippen LogP contribution in [0.1, 0.15) is 11.7 Å². The van der Waals surface area contributed by atoms with Crippen LogP contribution in [0.2, 0.25) is 0 Å². The maximum Gasteiger partial charge on any atom is 0.588 e. The normalized spacial score (nSPS) is 13.0. The smallest absolute Gasteiger partial charge is 0.395 e. The van der Waals surface area contributed by atoms with Gasteiger partial charge in [0.2, 0.25) is 3.79 Å². The van der Waals surface area contributed by atoms with Gasteiger partial charge in [0.1, 0.15) is 17.6 Å². The van der Waals surface area contributed by atoms with Crippen LogP contribution < -0.4 is 9.05 Å². The van der Waals surface area contributed by atoms with Crippen molar-refractivity contribution < 1.29 is 18.1 Å². The van der Waals surface area contributed by atoms with Crippen LogP contribution in [0.4, 0.5) is 0 Å². The van der Waals surface area contributed by atoms with Gasteiger partial charge in [-0.3, -0.25) is 4.52 Å². The van der Waals surface area contributed by atoms with Crippen molar-refractivity contribution in [2.45, 2.75) is 9.90 Å². The molecule has 3 aromatic rings. The van der Waals surface area contributed by atoms with E-state index in [0.29, 0.717) is 5.56 Å². The van der Waals surface area contributed by atoms with Crippen LogP contribution in [0.25, 0.3) is 0 Å². The number of phosphoric ester groups is 1. The molecule has 0 aromatic heterocycles. The molecule has 4 nitrogen and oxygen atoms in total. The van der Waals surface area contributed by atoms with Gasteiger partial charge >= 0.3 is 7.82 Å². The molecule has 0 radical (unpaired) electrons. The van der Waals surface area contributed by atoms with Gasteiger partial charge in [0, 0.05) is 0 Å². The van der Waals surface area contributed by atoms with E-state index in [1.54, 1.807) is 91.0 Å². The zero-order valence-electron chi connectivity index (χ0n) is 14.5. The molecule has 8 heteroatoms. The highest BCUT2D eigenvalue weighted by molar-refractivity contribution is 7.49. The van der Waals surface area contributed by atoms with E-state index in [2.05, 4.69) is 0 Å². The van der Waals surface area contributed by atoms with Crippen molar-refractivity contribution in [1.29, 1.82) is 0 Å². The molecule has 0 unspecified atom stereocenters. The van der Waals surface area contributed by atoms with Crippen molar-refractivity contribution in [1.82, 2.24) is 0 Å². The summed E-state index contributed by atoms with van der Waals surface area (Å²) in [7, 11) is -4.23. The van der Waals surface area contributed by atoms with Gasteiger partial charge in [0.25, 0.3) is 0 Å². The summed E-state index contributed by atoms with van der Waals surface area (Å²) in [5.74, 6) is 0.579. The molecule has 0 aliphatic heterocycles. The van der Waals surface area contributed by atoms with E-state index in [4.69, 9.17) is 48.4 Å². The second-order valence-electron chi connectivity index (χ2n) is 5.69. The largest absolute Gasteiger partial charge is 0.588 e. The first-order chi connectivity index (χ1) is 13.4. The lowest BCUT2D eigenvalue weighted by Gasteiger charge is -2.28. The van der Waals surface area contributed by atoms with Gasteiger partial charge < -0.3 is 9.05 Å². The van der Waals surface area contributed by atoms with Crippen molar-refractivity contribution >= 4 is 42.6 Å². The molecule has 0 aliphatic carbocycles. The van der Waals surface area contributed by atoms with Crippen LogP contribution >= 0.6 is 42.6 Å². The van der Waals surface area contributed by atoms with Gasteiger partial charge in [0.05, 0.1) is 0 Å². The molecule has 3 rings (SSSR count). The van der Waals surface area contributed by atoms with Crippen molar-refractivity contribution in [3.05, 3.63) is 96.6 Å². The average Bonchev–Trinajstić information content (AvgIpc) is 2.67. The lowest BCUT2D eigenvalue weighted by molar-refractivity contribution is 0.145. The Kier molecular flexibility index (Phi) is 6.92. The molecule has 0 aliphatic rings. The Morgan fingerprint density at radius 1 is 0.679 bits per heavy atom. The molecule has 0 fully saturated rings. The summed E-state index contributed by atoms with van der Waals surface area (Å²) in [5, 5.41) is 0. The number of benzene rings is 3. The topological polar surface area (TPSA) is 44.8 Å². The molecule has 0 saturated carbocycles. The van der Waals surface area contributed by atoms with Crippen LogP contribution in [0, 0.1) is 0 Å². The van der Waals surface area contributed by atoms with E-state index >= 15 is 0 Å². The highest BCUT2D eigenvalue weighted by Crippen LogP contribution is 2.57. The van der Waals surface area contributed by atoms with Crippen LogP contribution in [0.3, 0.4) is 0 Å². The predicted octanol–water partition coefficient (Wildman–Crippen LogP) is 7.38. The fourth-order valence-electron chi connectivity index (χ4n) is 2.35. The maximum absolute atomic E-state index is 13.5. The quantitative estimate of drug-likeness (QED) is 0.274. The molecular formula is C20H16Cl3O4P. The van der Waals surface area contributed by atoms with Crippen LogP contribution in [-0.2, 0) is 9.09 Å². The first kappa shape index (κ1) is 21.0. The van der Waals surface area contributed by atoms with Crippen LogP contribution in [-0.4, -0.2) is 3.79 Å². The van der Waals surface area contributed by atoms with Crippen molar-refractivity contribution in [2.24, 2.45) is 0 Å². The fraction of sp³-hybridized carbons (Fsp3) is 0.100. The number of halogens is 3. The third kappa shape index (κ3) is 5.91. The van der Waals surface area contributed by atoms with Crippen molar-refractivity contribution in [2.75, 3.05) is 0 Å². The Labute approximate surface area is 178 Å². The molecule has 3 aromatic carbocycles. The van der Waals surface area contributed by atoms with Gasteiger partial charge in [-0.1, -0.05) is 102 Å². The van der Waals surface area contributed by atoms with Crippen LogP contribution in [0.15, 0.2) is 91.0 Å². The average molecular weight is 458 g/mol. The third-order valence-corrected chi connectivity index (χ3v) is 5.49. The third-order valence-electron chi connectivity index (χ3n) is 3.55. The second-order valence-corrected chi connectivity index (χ2v) is 9.53. The molecule has 0 amide bonds. The summed E-state index contributed by atoms with van der Waals surface area (Å²) in [6.45, 7) is 0. The van der Waals surface area contributed by atoms with Crippen molar-refractivity contribution in [3.8, 4) is 11.5 Å². The lowest BCUT2D eigenvalue weighted by Crippen LogP contribution is -2.21. The molecule has 1 atom stereocenters. The Balaban J connectivity index is 1.96. The lowest BCUT2D eigenvalue weighted by atomic mass is 10.1. The monoisotopic (exact) mass is 456 g/mol. The number of hydrogen-bond donors (Lipinski definition) is 0. The zero-order chi connectivity index (χ0) is 20.0. The van der Waals surface area contributed by atoms with Crippen molar-refractivity contribution in [3.63, 3.8) is 0 Å². The minimum atomic E-state index is -4.23. The molecule has 28 heavy (non-hydrogen) atoms. The van der Waals surface area contributed by atoms with Crippen LogP contribution in [0.5, 0.6) is 11.5 Å². The fourth-order valence-corrected chi connectivity index (χ4v) is 4.47. The van der Waals surface area contributed by atoms with Gasteiger partial charge in [-0.15, -0.1) is 0 Å². The molecule has 0 N–H and O–H groups in total. The summed E-state index contributed by atoms with van der Waals surface area (Å²) in [6.07, 6.45) is -1.20. The van der Waals surface area contributed by atoms with Gasteiger partial charge in [0.15, 0.2) is 0 Å². The minimum absolute atomic E-state index is 0.290. The number of rotatable bonds is 7. The summed E-state index contributed by atoms with van der Waals surface area (Å²) in [4.78, 5) is 0. The number of phosphoric acid groups is 1. The molecular weight excluding hydrogens is 442 g/mol. The Morgan fingerprint density at radius 2 is 1.07 bits per heavy atom. The first-order valence-electron chi connectivity index (χ1n) is 8.25. The van der Waals surface area contributed by atoms with E-state index in [1.165, 1.54) is 0 Å². The Bertz CT molecular complexity index is 873. The molecule has 146 valence electrons. The molecule has 0 heterocycles. The highest BCUT2D eigenvalue weighted by Gasteiger charge is 2.44. The SMILES string of the molecule is O=P(Oc1ccccc1)(Oc1ccccc1)O[C@H](c1ccccc1)C(Cl)(Cl)Cl. The summed E-state index contributed by atoms with van der Waals surface area (Å²) >= 11 is 18.4.